The number of hydrogen-bond acceptors (Lipinski definition) is 16. The van der Waals surface area contributed by atoms with Crippen molar-refractivity contribution in [2.24, 2.45) is 29.6 Å². The van der Waals surface area contributed by atoms with E-state index in [9.17, 15) is 14.7 Å². The van der Waals surface area contributed by atoms with E-state index < -0.39 is 113 Å². The molecule has 16 heteroatoms. The molecule has 4 aliphatic rings. The number of fused-ring (bicyclic) bond motifs is 1. The Kier molecular flexibility index (Phi) is 18.1. The Morgan fingerprint density at radius 1 is 0.831 bits per heavy atom. The molecule has 1 aromatic rings. The predicted molar refractivity (Wildman–Crippen MR) is 245 cm³/mol. The third-order valence-electron chi connectivity index (χ3n) is 15.1. The molecule has 0 radical (unpaired) electrons. The highest BCUT2D eigenvalue weighted by Gasteiger charge is 2.62. The number of thioether (sulfide) groups is 1. The number of aliphatic hydroxyl groups excluding tert-OH is 1. The highest BCUT2D eigenvalue weighted by molar-refractivity contribution is 7.99. The number of rotatable bonds is 13. The van der Waals surface area contributed by atoms with Crippen molar-refractivity contribution >= 4 is 29.5 Å². The summed E-state index contributed by atoms with van der Waals surface area (Å²) in [6, 6.07) is 7.35. The second-order valence-electron chi connectivity index (χ2n) is 19.9. The zero-order valence-electron chi connectivity index (χ0n) is 41.7. The molecule has 15 nitrogen and oxygen atoms in total. The van der Waals surface area contributed by atoms with Gasteiger partial charge in [0.15, 0.2) is 18.2 Å². The Labute approximate surface area is 391 Å². The van der Waals surface area contributed by atoms with Gasteiger partial charge in [-0.3, -0.25) is 14.4 Å². The number of nitrogens with zero attached hydrogens (tertiary/aromatic N) is 1. The maximum absolute atomic E-state index is 15.1. The van der Waals surface area contributed by atoms with E-state index in [1.54, 1.807) is 42.3 Å². The molecule has 4 heterocycles. The molecule has 0 aromatic heterocycles. The van der Waals surface area contributed by atoms with Crippen LogP contribution in [-0.4, -0.2) is 154 Å². The van der Waals surface area contributed by atoms with E-state index in [-0.39, 0.29) is 30.8 Å². The highest BCUT2D eigenvalue weighted by Crippen LogP contribution is 2.50. The first-order chi connectivity index (χ1) is 30.5. The summed E-state index contributed by atoms with van der Waals surface area (Å²) in [5.74, 6) is -3.62. The number of likely N-dealkylation sites (N-methyl/N-ethyl adjacent to an activating group) is 1. The van der Waals surface area contributed by atoms with Gasteiger partial charge >= 0.3 is 11.9 Å². The fourth-order valence-electron chi connectivity index (χ4n) is 11.2. The average molecular weight is 938 g/mol. The number of ether oxygens (including phenoxy) is 10. The lowest BCUT2D eigenvalue weighted by atomic mass is 9.70. The molecule has 0 spiro atoms. The van der Waals surface area contributed by atoms with E-state index >= 15 is 4.79 Å². The molecule has 4 aliphatic heterocycles. The first-order valence-electron chi connectivity index (χ1n) is 23.3. The topological polar surface area (TPSA) is 167 Å². The molecule has 1 aromatic carbocycles. The average Bonchev–Trinajstić information content (AvgIpc) is 3.53. The van der Waals surface area contributed by atoms with Crippen molar-refractivity contribution in [1.82, 2.24) is 4.90 Å². The van der Waals surface area contributed by atoms with Gasteiger partial charge in [0.1, 0.15) is 35.1 Å². The third kappa shape index (κ3) is 11.2. The standard InChI is InChI=1S/C49H79NO14S/c1-17-35-49(10)37(41(45(54)64-49)65-25-32-18-20-33(55-13)21-19-32)28(4)38(51)26(2)23-47(8,57-15)42(63-46-39(52)34(50(11)12)22-27(3)59-46)29(5)40(30(6)44(53)61-35)62-36-24-48(9,58-16)43(56-14)31(7)60-36/h18-21,26-31,34-37,39-43,46,52H,17,22-25H2,1-16H3/t26-,27-,28-,29+,30-,31+,34+,35-,36+,37?,39-,40+,41?,42-,43+,46+,47-,48-,49-/m1/s1. The van der Waals surface area contributed by atoms with Crippen LogP contribution >= 0.6 is 11.8 Å². The maximum atomic E-state index is 15.1. The van der Waals surface area contributed by atoms with E-state index in [1.807, 2.05) is 98.7 Å². The van der Waals surface area contributed by atoms with Gasteiger partial charge in [0.2, 0.25) is 0 Å². The van der Waals surface area contributed by atoms with E-state index in [4.69, 9.17) is 47.4 Å². The Balaban J connectivity index is 1.63. The van der Waals surface area contributed by atoms with Gasteiger partial charge in [-0.15, -0.1) is 11.8 Å². The molecule has 19 atom stereocenters. The number of carbonyl (C=O) groups excluding carboxylic acids is 3. The minimum Gasteiger partial charge on any atom is -0.497 e. The van der Waals surface area contributed by atoms with Crippen molar-refractivity contribution in [2.75, 3.05) is 42.5 Å². The van der Waals surface area contributed by atoms with Crippen LogP contribution in [0.1, 0.15) is 100 Å². The summed E-state index contributed by atoms with van der Waals surface area (Å²) in [7, 11) is 10.2. The SMILES string of the molecule is CC[C@H]1OC(=O)[C@H](C)[C@@H](O[C@H]2C[C@@](C)(OC)[C@@H](OC)[C@H](C)O2)[C@H](C)[C@@H](O[C@@H]2O[C@H](C)C[C@H](N(C)C)[C@H]2O)[C@](C)(OC)C[C@@H](C)C(=O)[C@H](C)C2C(SCc3ccc(OC)cc3)C(=O)O[C@@]21C. The highest BCUT2D eigenvalue weighted by atomic mass is 32.2. The summed E-state index contributed by atoms with van der Waals surface area (Å²) in [5.41, 5.74) is -2.43. The van der Waals surface area contributed by atoms with E-state index in [1.165, 1.54) is 11.8 Å². The molecule has 4 saturated heterocycles. The van der Waals surface area contributed by atoms with Crippen molar-refractivity contribution in [1.29, 1.82) is 0 Å². The fourth-order valence-corrected chi connectivity index (χ4v) is 12.7. The van der Waals surface area contributed by atoms with Gasteiger partial charge in [-0.1, -0.05) is 39.8 Å². The van der Waals surface area contributed by atoms with Gasteiger partial charge in [0.05, 0.1) is 48.6 Å². The Morgan fingerprint density at radius 3 is 2.03 bits per heavy atom. The van der Waals surface area contributed by atoms with E-state index in [2.05, 4.69) is 0 Å². The zero-order valence-corrected chi connectivity index (χ0v) is 42.5. The molecular formula is C49H79NO14S. The first-order valence-corrected chi connectivity index (χ1v) is 24.4. The van der Waals surface area contributed by atoms with Crippen LogP contribution in [-0.2, 0) is 62.8 Å². The number of carbonyl (C=O) groups is 3. The molecule has 1 N–H and O–H groups in total. The van der Waals surface area contributed by atoms with Crippen LogP contribution in [0.15, 0.2) is 24.3 Å². The lowest BCUT2D eigenvalue weighted by Gasteiger charge is -2.50. The molecule has 0 amide bonds. The first kappa shape index (κ1) is 53.6. The minimum atomic E-state index is -1.36. The molecule has 4 fully saturated rings. The van der Waals surface area contributed by atoms with Gasteiger partial charge < -0.3 is 57.4 Å². The van der Waals surface area contributed by atoms with Crippen molar-refractivity contribution in [3.63, 3.8) is 0 Å². The molecule has 2 unspecified atom stereocenters. The minimum absolute atomic E-state index is 0.102. The van der Waals surface area contributed by atoms with Crippen LogP contribution in [0.5, 0.6) is 5.75 Å². The summed E-state index contributed by atoms with van der Waals surface area (Å²) in [4.78, 5) is 46.1. The number of Topliss-reactive ketones (excluding diaryl/α,β-unsaturated/α-hetero) is 1. The summed E-state index contributed by atoms with van der Waals surface area (Å²) in [6.45, 7) is 18.7. The van der Waals surface area contributed by atoms with Crippen LogP contribution in [0.2, 0.25) is 0 Å². The van der Waals surface area contributed by atoms with Crippen molar-refractivity contribution in [3.05, 3.63) is 29.8 Å². The second-order valence-corrected chi connectivity index (χ2v) is 21.0. The van der Waals surface area contributed by atoms with Gasteiger partial charge in [0, 0.05) is 63.2 Å². The normalized spacial score (nSPS) is 43.4. The predicted octanol–water partition coefficient (Wildman–Crippen LogP) is 6.22. The zero-order chi connectivity index (χ0) is 48.3. The molecule has 370 valence electrons. The summed E-state index contributed by atoms with van der Waals surface area (Å²) < 4.78 is 63.5. The van der Waals surface area contributed by atoms with E-state index in [0.717, 1.165) is 5.56 Å². The van der Waals surface area contributed by atoms with Gasteiger partial charge in [-0.2, -0.15) is 0 Å². The molecule has 0 saturated carbocycles. The second kappa shape index (κ2) is 21.9. The van der Waals surface area contributed by atoms with Gasteiger partial charge in [-0.25, -0.2) is 0 Å². The van der Waals surface area contributed by atoms with Crippen molar-refractivity contribution in [2.45, 2.75) is 184 Å². The van der Waals surface area contributed by atoms with Crippen LogP contribution in [0.25, 0.3) is 0 Å². The molecule has 65 heavy (non-hydrogen) atoms. The van der Waals surface area contributed by atoms with Gasteiger partial charge in [0.25, 0.3) is 0 Å². The molecule has 0 aliphatic carbocycles. The van der Waals surface area contributed by atoms with Crippen LogP contribution in [0, 0.1) is 29.6 Å². The summed E-state index contributed by atoms with van der Waals surface area (Å²) in [6.07, 6.45) is -5.62. The number of aliphatic hydroxyl groups is 1. The lowest BCUT2D eigenvalue weighted by Crippen LogP contribution is -2.61. The molecular weight excluding hydrogens is 859 g/mol. The van der Waals surface area contributed by atoms with Crippen molar-refractivity contribution in [3.8, 4) is 5.75 Å². The smallest absolute Gasteiger partial charge is 0.320 e. The van der Waals surface area contributed by atoms with Crippen molar-refractivity contribution < 1.29 is 66.9 Å². The van der Waals surface area contributed by atoms with Crippen LogP contribution < -0.4 is 4.74 Å². The number of hydrogen-bond donors (Lipinski definition) is 1. The lowest BCUT2D eigenvalue weighted by molar-refractivity contribution is -0.320. The molecule has 5 rings (SSSR count). The Hall–Kier alpha value is -2.38. The number of esters is 2. The number of methoxy groups -OCH3 is 4. The van der Waals surface area contributed by atoms with Gasteiger partial charge in [-0.05, 0) is 92.6 Å². The van der Waals surface area contributed by atoms with E-state index in [0.29, 0.717) is 24.3 Å². The van der Waals surface area contributed by atoms with Crippen LogP contribution in [0.4, 0.5) is 0 Å². The number of ketones is 1. The monoisotopic (exact) mass is 938 g/mol. The third-order valence-corrected chi connectivity index (χ3v) is 16.4. The Morgan fingerprint density at radius 2 is 1.46 bits per heavy atom. The Bertz CT molecular complexity index is 1750. The number of benzene rings is 1. The molecule has 0 bridgehead atoms. The largest absolute Gasteiger partial charge is 0.497 e. The summed E-state index contributed by atoms with van der Waals surface area (Å²) >= 11 is 1.41. The maximum Gasteiger partial charge on any atom is 0.320 e. The quantitative estimate of drug-likeness (QED) is 0.221. The van der Waals surface area contributed by atoms with Crippen LogP contribution in [0.3, 0.4) is 0 Å². The number of cyclic esters (lactones) is 1. The summed E-state index contributed by atoms with van der Waals surface area (Å²) in [5, 5.41) is 11.1. The fraction of sp³-hybridized carbons (Fsp3) is 0.816.